The molecule has 3 rings (SSSR count). The first-order chi connectivity index (χ1) is 10.2. The molecule has 0 saturated heterocycles. The van der Waals surface area contributed by atoms with Crippen LogP contribution in [-0.2, 0) is 0 Å². The molecule has 0 aliphatic carbocycles. The molecule has 0 heterocycles. The summed E-state index contributed by atoms with van der Waals surface area (Å²) >= 11 is 0. The highest BCUT2D eigenvalue weighted by molar-refractivity contribution is 6.02. The molecule has 1 N–H and O–H groups in total. The fourth-order valence-electron chi connectivity index (χ4n) is 2.43. The Balaban J connectivity index is 2.23. The molecule has 0 amide bonds. The van der Waals surface area contributed by atoms with Crippen LogP contribution in [0.5, 0.6) is 5.75 Å². The fourth-order valence-corrected chi connectivity index (χ4v) is 2.43. The molecule has 0 aliphatic rings. The normalized spacial score (nSPS) is 10.5. The number of ether oxygens (including phenoxy) is 1. The average Bonchev–Trinajstić information content (AvgIpc) is 2.53. The zero-order valence-electron chi connectivity index (χ0n) is 11.5. The van der Waals surface area contributed by atoms with E-state index in [1.54, 1.807) is 13.2 Å². The first-order valence-electron chi connectivity index (χ1n) is 6.59. The van der Waals surface area contributed by atoms with Gasteiger partial charge in [0, 0.05) is 0 Å². The molecule has 3 aromatic carbocycles. The Morgan fingerprint density at radius 1 is 0.952 bits per heavy atom. The van der Waals surface area contributed by atoms with E-state index >= 15 is 0 Å². The molecule has 3 heteroatoms. The van der Waals surface area contributed by atoms with Crippen molar-refractivity contribution in [3.8, 4) is 16.9 Å². The van der Waals surface area contributed by atoms with Crippen LogP contribution in [0.3, 0.4) is 0 Å². The van der Waals surface area contributed by atoms with Gasteiger partial charge in [0.25, 0.3) is 0 Å². The summed E-state index contributed by atoms with van der Waals surface area (Å²) in [7, 11) is 1.60. The van der Waals surface area contributed by atoms with E-state index in [9.17, 15) is 9.90 Å². The lowest BCUT2D eigenvalue weighted by Gasteiger charge is -2.09. The molecule has 0 atom stereocenters. The van der Waals surface area contributed by atoms with Crippen LogP contribution in [0.15, 0.2) is 60.7 Å². The summed E-state index contributed by atoms with van der Waals surface area (Å²) in [6.45, 7) is 0. The van der Waals surface area contributed by atoms with Crippen LogP contribution in [0.25, 0.3) is 21.9 Å². The molecular weight excluding hydrogens is 264 g/mol. The van der Waals surface area contributed by atoms with E-state index in [2.05, 4.69) is 0 Å². The molecule has 0 bridgehead atoms. The Morgan fingerprint density at radius 2 is 1.57 bits per heavy atom. The van der Waals surface area contributed by atoms with Gasteiger partial charge < -0.3 is 9.84 Å². The number of carboxylic acid groups (broad SMARTS) is 1. The predicted octanol–water partition coefficient (Wildman–Crippen LogP) is 4.21. The van der Waals surface area contributed by atoms with Crippen molar-refractivity contribution in [1.29, 1.82) is 0 Å². The van der Waals surface area contributed by atoms with E-state index in [0.717, 1.165) is 22.1 Å². The summed E-state index contributed by atoms with van der Waals surface area (Å²) in [5.41, 5.74) is 1.88. The third-order valence-corrected chi connectivity index (χ3v) is 3.52. The second-order valence-corrected chi connectivity index (χ2v) is 4.78. The summed E-state index contributed by atoms with van der Waals surface area (Å²) in [5.74, 6) is -0.178. The van der Waals surface area contributed by atoms with Gasteiger partial charge in [0.2, 0.25) is 0 Å². The molecule has 21 heavy (non-hydrogen) atoms. The summed E-state index contributed by atoms with van der Waals surface area (Å²) in [4.78, 5) is 11.5. The second kappa shape index (κ2) is 5.29. The van der Waals surface area contributed by atoms with Crippen molar-refractivity contribution in [2.75, 3.05) is 7.11 Å². The van der Waals surface area contributed by atoms with Crippen molar-refractivity contribution in [2.24, 2.45) is 0 Å². The third kappa shape index (κ3) is 2.46. The molecule has 0 aliphatic heterocycles. The second-order valence-electron chi connectivity index (χ2n) is 4.78. The summed E-state index contributed by atoms with van der Waals surface area (Å²) in [6.07, 6.45) is 0. The Kier molecular flexibility index (Phi) is 3.32. The van der Waals surface area contributed by atoms with Crippen LogP contribution >= 0.6 is 0 Å². The van der Waals surface area contributed by atoms with E-state index in [1.165, 1.54) is 0 Å². The fraction of sp³-hybridized carbons (Fsp3) is 0.0556. The van der Waals surface area contributed by atoms with Crippen molar-refractivity contribution in [3.63, 3.8) is 0 Å². The number of hydrogen-bond donors (Lipinski definition) is 1. The summed E-state index contributed by atoms with van der Waals surface area (Å²) in [5, 5.41) is 11.4. The van der Waals surface area contributed by atoms with Gasteiger partial charge in [0.15, 0.2) is 0 Å². The standard InChI is InChI=1S/C18H14O3/c1-21-15-8-6-12(7-9-15)16-10-13-4-2-3-5-14(13)11-17(16)18(19)20/h2-11H,1H3,(H,19,20). The number of benzene rings is 3. The highest BCUT2D eigenvalue weighted by atomic mass is 16.5. The van der Waals surface area contributed by atoms with Crippen LogP contribution in [-0.4, -0.2) is 18.2 Å². The Morgan fingerprint density at radius 3 is 2.14 bits per heavy atom. The third-order valence-electron chi connectivity index (χ3n) is 3.52. The minimum atomic E-state index is -0.924. The maximum atomic E-state index is 11.5. The Labute approximate surface area is 122 Å². The number of aromatic carboxylic acids is 1. The number of hydrogen-bond acceptors (Lipinski definition) is 2. The molecule has 104 valence electrons. The topological polar surface area (TPSA) is 46.5 Å². The van der Waals surface area contributed by atoms with Crippen LogP contribution in [0.4, 0.5) is 0 Å². The lowest BCUT2D eigenvalue weighted by atomic mass is 9.95. The van der Waals surface area contributed by atoms with Gasteiger partial charge in [-0.05, 0) is 46.2 Å². The van der Waals surface area contributed by atoms with E-state index < -0.39 is 5.97 Å². The quantitative estimate of drug-likeness (QED) is 0.780. The van der Waals surface area contributed by atoms with Gasteiger partial charge in [0.1, 0.15) is 5.75 Å². The van der Waals surface area contributed by atoms with Gasteiger partial charge in [-0.15, -0.1) is 0 Å². The van der Waals surface area contributed by atoms with Crippen LogP contribution in [0.1, 0.15) is 10.4 Å². The van der Waals surface area contributed by atoms with E-state index in [-0.39, 0.29) is 0 Å². The van der Waals surface area contributed by atoms with Crippen LogP contribution < -0.4 is 4.74 Å². The zero-order valence-corrected chi connectivity index (χ0v) is 11.5. The van der Waals surface area contributed by atoms with Crippen molar-refractivity contribution < 1.29 is 14.6 Å². The number of fused-ring (bicyclic) bond motifs is 1. The Bertz CT molecular complexity index is 804. The van der Waals surface area contributed by atoms with Crippen LogP contribution in [0.2, 0.25) is 0 Å². The lowest BCUT2D eigenvalue weighted by molar-refractivity contribution is 0.0698. The number of rotatable bonds is 3. The average molecular weight is 278 g/mol. The minimum absolute atomic E-state index is 0.305. The SMILES string of the molecule is COc1ccc(-c2cc3ccccc3cc2C(=O)O)cc1. The van der Waals surface area contributed by atoms with Crippen molar-refractivity contribution in [2.45, 2.75) is 0 Å². The van der Waals surface area contributed by atoms with E-state index in [1.807, 2.05) is 54.6 Å². The smallest absolute Gasteiger partial charge is 0.336 e. The monoisotopic (exact) mass is 278 g/mol. The van der Waals surface area contributed by atoms with E-state index in [0.29, 0.717) is 11.1 Å². The predicted molar refractivity (Wildman–Crippen MR) is 82.9 cm³/mol. The molecule has 0 saturated carbocycles. The molecule has 0 fully saturated rings. The number of carbonyl (C=O) groups is 1. The summed E-state index contributed by atoms with van der Waals surface area (Å²) in [6, 6.07) is 18.8. The molecule has 0 radical (unpaired) electrons. The minimum Gasteiger partial charge on any atom is -0.497 e. The molecule has 3 nitrogen and oxygen atoms in total. The molecular formula is C18H14O3. The highest BCUT2D eigenvalue weighted by Crippen LogP contribution is 2.30. The lowest BCUT2D eigenvalue weighted by Crippen LogP contribution is -1.99. The van der Waals surface area contributed by atoms with Gasteiger partial charge in [-0.3, -0.25) is 0 Å². The van der Waals surface area contributed by atoms with Gasteiger partial charge >= 0.3 is 5.97 Å². The van der Waals surface area contributed by atoms with E-state index in [4.69, 9.17) is 4.74 Å². The number of carboxylic acids is 1. The zero-order chi connectivity index (χ0) is 14.8. The molecule has 0 unspecified atom stereocenters. The van der Waals surface area contributed by atoms with Crippen LogP contribution in [0, 0.1) is 0 Å². The number of methoxy groups -OCH3 is 1. The molecule has 3 aromatic rings. The highest BCUT2D eigenvalue weighted by Gasteiger charge is 2.13. The first-order valence-corrected chi connectivity index (χ1v) is 6.59. The first kappa shape index (κ1) is 13.2. The largest absolute Gasteiger partial charge is 0.497 e. The maximum Gasteiger partial charge on any atom is 0.336 e. The van der Waals surface area contributed by atoms with Crippen molar-refractivity contribution in [3.05, 3.63) is 66.2 Å². The molecule has 0 spiro atoms. The van der Waals surface area contributed by atoms with Gasteiger partial charge in [-0.25, -0.2) is 4.79 Å². The van der Waals surface area contributed by atoms with Gasteiger partial charge in [0.05, 0.1) is 12.7 Å². The van der Waals surface area contributed by atoms with Gasteiger partial charge in [-0.2, -0.15) is 0 Å². The van der Waals surface area contributed by atoms with Crippen molar-refractivity contribution in [1.82, 2.24) is 0 Å². The van der Waals surface area contributed by atoms with Gasteiger partial charge in [-0.1, -0.05) is 36.4 Å². The summed E-state index contributed by atoms with van der Waals surface area (Å²) < 4.78 is 5.14. The van der Waals surface area contributed by atoms with Crippen molar-refractivity contribution >= 4 is 16.7 Å². The maximum absolute atomic E-state index is 11.5. The molecule has 0 aromatic heterocycles. The Hall–Kier alpha value is -2.81.